The summed E-state index contributed by atoms with van der Waals surface area (Å²) in [7, 11) is 0. The quantitative estimate of drug-likeness (QED) is 0.438. The fraction of sp³-hybridized carbons (Fsp3) is 0.348. The summed E-state index contributed by atoms with van der Waals surface area (Å²) < 4.78 is 10.8. The molecule has 0 aliphatic rings. The Balaban J connectivity index is 2.14. The van der Waals surface area contributed by atoms with Crippen molar-refractivity contribution in [3.05, 3.63) is 71.8 Å². The highest BCUT2D eigenvalue weighted by molar-refractivity contribution is 5.89. The van der Waals surface area contributed by atoms with Gasteiger partial charge < -0.3 is 24.8 Å². The first-order valence-corrected chi connectivity index (χ1v) is 9.70. The van der Waals surface area contributed by atoms with Crippen LogP contribution >= 0.6 is 0 Å². The first-order chi connectivity index (χ1) is 14.7. The summed E-state index contributed by atoms with van der Waals surface area (Å²) in [5.41, 5.74) is -0.423. The highest BCUT2D eigenvalue weighted by Crippen LogP contribution is 2.35. The first kappa shape index (κ1) is 24.0. The monoisotopic (exact) mass is 430 g/mol. The molecule has 0 saturated carbocycles. The van der Waals surface area contributed by atoms with Crippen LogP contribution in [0.5, 0.6) is 0 Å². The minimum absolute atomic E-state index is 0.145. The maximum Gasteiger partial charge on any atom is 0.338 e. The molecular weight excluding hydrogens is 404 g/mol. The van der Waals surface area contributed by atoms with Crippen molar-refractivity contribution in [2.24, 2.45) is 11.3 Å². The van der Waals surface area contributed by atoms with E-state index >= 15 is 0 Å². The van der Waals surface area contributed by atoms with E-state index in [9.17, 15) is 29.7 Å². The van der Waals surface area contributed by atoms with Gasteiger partial charge in [0.05, 0.1) is 37.2 Å². The fourth-order valence-corrected chi connectivity index (χ4v) is 3.17. The van der Waals surface area contributed by atoms with Gasteiger partial charge in [-0.1, -0.05) is 55.5 Å². The van der Waals surface area contributed by atoms with E-state index in [2.05, 4.69) is 0 Å². The van der Waals surface area contributed by atoms with Gasteiger partial charge in [0, 0.05) is 5.41 Å². The molecule has 0 aliphatic heterocycles. The van der Waals surface area contributed by atoms with E-state index in [-0.39, 0.29) is 18.8 Å². The van der Waals surface area contributed by atoms with Gasteiger partial charge in [-0.05, 0) is 17.7 Å². The molecule has 8 nitrogen and oxygen atoms in total. The maximum absolute atomic E-state index is 12.2. The van der Waals surface area contributed by atoms with Gasteiger partial charge in [-0.15, -0.1) is 0 Å². The van der Waals surface area contributed by atoms with Crippen LogP contribution in [-0.2, 0) is 25.7 Å². The SMILES string of the molecule is CC(COCc1ccccc1)(C(O)COC(=O)c1ccccc1)[C@@H](CC(=O)O)C(=O)O. The van der Waals surface area contributed by atoms with E-state index in [1.54, 1.807) is 30.3 Å². The van der Waals surface area contributed by atoms with Crippen molar-refractivity contribution in [1.82, 2.24) is 0 Å². The summed E-state index contributed by atoms with van der Waals surface area (Å²) in [5.74, 6) is -4.86. The largest absolute Gasteiger partial charge is 0.481 e. The summed E-state index contributed by atoms with van der Waals surface area (Å²) in [6.07, 6.45) is -2.19. The molecule has 2 aromatic carbocycles. The normalized spacial score (nSPS) is 14.8. The average Bonchev–Trinajstić information content (AvgIpc) is 2.76. The Labute approximate surface area is 180 Å². The minimum atomic E-state index is -1.53. The number of carbonyl (C=O) groups excluding carboxylic acids is 1. The summed E-state index contributed by atoms with van der Waals surface area (Å²) in [6.45, 7) is 0.797. The zero-order valence-electron chi connectivity index (χ0n) is 17.1. The molecule has 3 N–H and O–H groups in total. The molecule has 2 aromatic rings. The molecule has 0 aliphatic carbocycles. The summed E-state index contributed by atoms with van der Waals surface area (Å²) in [5, 5.41) is 29.6. The molecule has 0 radical (unpaired) electrons. The summed E-state index contributed by atoms with van der Waals surface area (Å²) in [4.78, 5) is 35.3. The smallest absolute Gasteiger partial charge is 0.338 e. The number of carboxylic acids is 2. The number of aliphatic hydroxyl groups is 1. The molecular formula is C23H26O8. The lowest BCUT2D eigenvalue weighted by atomic mass is 9.71. The van der Waals surface area contributed by atoms with Gasteiger partial charge in [-0.3, -0.25) is 9.59 Å². The van der Waals surface area contributed by atoms with Crippen LogP contribution in [0, 0.1) is 11.3 Å². The highest BCUT2D eigenvalue weighted by atomic mass is 16.5. The Kier molecular flexibility index (Phi) is 8.72. The Morgan fingerprint density at radius 3 is 2.10 bits per heavy atom. The van der Waals surface area contributed by atoms with Gasteiger partial charge in [-0.25, -0.2) is 4.79 Å². The van der Waals surface area contributed by atoms with Crippen molar-refractivity contribution in [1.29, 1.82) is 0 Å². The number of carbonyl (C=O) groups is 3. The molecule has 0 heterocycles. The molecule has 0 bridgehead atoms. The number of benzene rings is 2. The van der Waals surface area contributed by atoms with Crippen LogP contribution in [0.25, 0.3) is 0 Å². The molecule has 0 spiro atoms. The lowest BCUT2D eigenvalue weighted by Crippen LogP contribution is -2.49. The summed E-state index contributed by atoms with van der Waals surface area (Å²) in [6, 6.07) is 17.2. The zero-order chi connectivity index (χ0) is 22.9. The van der Waals surface area contributed by atoms with Crippen LogP contribution in [0.4, 0.5) is 0 Å². The molecule has 3 atom stereocenters. The predicted octanol–water partition coefficient (Wildman–Crippen LogP) is 2.60. The Morgan fingerprint density at radius 1 is 0.968 bits per heavy atom. The fourth-order valence-electron chi connectivity index (χ4n) is 3.17. The Bertz CT molecular complexity index is 868. The van der Waals surface area contributed by atoms with Crippen molar-refractivity contribution in [2.45, 2.75) is 26.1 Å². The van der Waals surface area contributed by atoms with Crippen LogP contribution in [0.1, 0.15) is 29.3 Å². The third-order valence-electron chi connectivity index (χ3n) is 5.14. The number of esters is 1. The van der Waals surface area contributed by atoms with Crippen LogP contribution in [0.2, 0.25) is 0 Å². The number of aliphatic carboxylic acids is 2. The molecule has 166 valence electrons. The molecule has 0 fully saturated rings. The lowest BCUT2D eigenvalue weighted by Gasteiger charge is -2.38. The van der Waals surface area contributed by atoms with Crippen LogP contribution in [0.3, 0.4) is 0 Å². The third kappa shape index (κ3) is 6.91. The van der Waals surface area contributed by atoms with E-state index < -0.39 is 48.4 Å². The second kappa shape index (κ2) is 11.2. The zero-order valence-corrected chi connectivity index (χ0v) is 17.1. The lowest BCUT2D eigenvalue weighted by molar-refractivity contribution is -0.164. The van der Waals surface area contributed by atoms with Crippen molar-refractivity contribution in [3.8, 4) is 0 Å². The standard InChI is InChI=1S/C23H26O8/c1-23(18(21(27)28)12-20(25)26,15-30-13-16-8-4-2-5-9-16)19(24)14-31-22(29)17-10-6-3-7-11-17/h2-11,18-19,24H,12-15H2,1H3,(H,25,26)(H,27,28)/t18-,19?,23?/m0/s1. The number of hydrogen-bond donors (Lipinski definition) is 3. The molecule has 2 unspecified atom stereocenters. The Hall–Kier alpha value is -3.23. The maximum atomic E-state index is 12.2. The number of aliphatic hydroxyl groups excluding tert-OH is 1. The topological polar surface area (TPSA) is 130 Å². The summed E-state index contributed by atoms with van der Waals surface area (Å²) >= 11 is 0. The third-order valence-corrected chi connectivity index (χ3v) is 5.14. The van der Waals surface area contributed by atoms with Crippen molar-refractivity contribution >= 4 is 17.9 Å². The second-order valence-corrected chi connectivity index (χ2v) is 7.45. The van der Waals surface area contributed by atoms with Gasteiger partial charge in [0.1, 0.15) is 6.61 Å². The molecule has 0 saturated heterocycles. The van der Waals surface area contributed by atoms with Gasteiger partial charge in [-0.2, -0.15) is 0 Å². The second-order valence-electron chi connectivity index (χ2n) is 7.45. The van der Waals surface area contributed by atoms with Crippen molar-refractivity contribution in [3.63, 3.8) is 0 Å². The number of ether oxygens (including phenoxy) is 2. The van der Waals surface area contributed by atoms with Gasteiger partial charge in [0.25, 0.3) is 0 Å². The molecule has 8 heteroatoms. The van der Waals surface area contributed by atoms with E-state index in [4.69, 9.17) is 9.47 Å². The highest BCUT2D eigenvalue weighted by Gasteiger charge is 2.46. The van der Waals surface area contributed by atoms with Gasteiger partial charge in [0.15, 0.2) is 0 Å². The molecule has 0 amide bonds. The number of hydrogen-bond acceptors (Lipinski definition) is 6. The minimum Gasteiger partial charge on any atom is -0.481 e. The van der Waals surface area contributed by atoms with Crippen molar-refractivity contribution < 1.29 is 39.2 Å². The Morgan fingerprint density at radius 2 is 1.55 bits per heavy atom. The van der Waals surface area contributed by atoms with Crippen LogP contribution in [0.15, 0.2) is 60.7 Å². The van der Waals surface area contributed by atoms with E-state index in [1.807, 2.05) is 30.3 Å². The molecule has 31 heavy (non-hydrogen) atoms. The van der Waals surface area contributed by atoms with Crippen molar-refractivity contribution in [2.75, 3.05) is 13.2 Å². The van der Waals surface area contributed by atoms with Crippen LogP contribution in [-0.4, -0.2) is 52.5 Å². The van der Waals surface area contributed by atoms with Crippen LogP contribution < -0.4 is 0 Å². The first-order valence-electron chi connectivity index (χ1n) is 9.70. The number of rotatable bonds is 12. The van der Waals surface area contributed by atoms with E-state index in [0.29, 0.717) is 0 Å². The number of carboxylic acid groups (broad SMARTS) is 2. The molecule has 0 aromatic heterocycles. The van der Waals surface area contributed by atoms with E-state index in [0.717, 1.165) is 5.56 Å². The van der Waals surface area contributed by atoms with E-state index in [1.165, 1.54) is 6.92 Å². The van der Waals surface area contributed by atoms with Gasteiger partial charge >= 0.3 is 17.9 Å². The predicted molar refractivity (Wildman–Crippen MR) is 110 cm³/mol. The molecule has 2 rings (SSSR count). The average molecular weight is 430 g/mol. The van der Waals surface area contributed by atoms with Gasteiger partial charge in [0.2, 0.25) is 0 Å².